The summed E-state index contributed by atoms with van der Waals surface area (Å²) in [5.74, 6) is -2.42. The van der Waals surface area contributed by atoms with E-state index in [2.05, 4.69) is 15.3 Å². The van der Waals surface area contributed by atoms with Crippen LogP contribution in [0.2, 0.25) is 0 Å². The molecule has 0 spiro atoms. The number of halogens is 2. The van der Waals surface area contributed by atoms with Crippen LogP contribution in [-0.2, 0) is 18.9 Å². The van der Waals surface area contributed by atoms with Crippen molar-refractivity contribution < 1.29 is 13.6 Å². The van der Waals surface area contributed by atoms with E-state index >= 15 is 0 Å². The number of fused-ring (bicyclic) bond motifs is 1. The van der Waals surface area contributed by atoms with E-state index in [0.29, 0.717) is 11.3 Å². The van der Waals surface area contributed by atoms with Gasteiger partial charge in [-0.1, -0.05) is 0 Å². The van der Waals surface area contributed by atoms with Crippen LogP contribution in [0.4, 0.5) is 13.9 Å². The van der Waals surface area contributed by atoms with E-state index in [9.17, 15) is 23.2 Å². The smallest absolute Gasteiger partial charge is 0.312 e. The van der Waals surface area contributed by atoms with Crippen molar-refractivity contribution in [2.45, 2.75) is 13.0 Å². The number of amides is 1. The van der Waals surface area contributed by atoms with Crippen LogP contribution >= 0.6 is 11.3 Å². The molecule has 0 aliphatic carbocycles. The second kappa shape index (κ2) is 7.54. The molecule has 12 heteroatoms. The van der Waals surface area contributed by atoms with Gasteiger partial charge in [0.15, 0.2) is 27.9 Å². The SMILES string of the molecule is CC(C(=O)Nc1nc(-c2ccc(F)c(F)c2)cs1)n1cnc2c1c(=O)n(C)c(=O)n2C. The van der Waals surface area contributed by atoms with E-state index in [4.69, 9.17) is 0 Å². The van der Waals surface area contributed by atoms with Crippen LogP contribution in [0, 0.1) is 11.6 Å². The molecule has 0 saturated carbocycles. The third-order valence-corrected chi connectivity index (χ3v) is 5.68. The first kappa shape index (κ1) is 20.6. The van der Waals surface area contributed by atoms with E-state index in [1.165, 1.54) is 35.6 Å². The molecule has 4 rings (SSSR count). The molecule has 0 radical (unpaired) electrons. The molecule has 9 nitrogen and oxygen atoms in total. The highest BCUT2D eigenvalue weighted by Gasteiger charge is 2.22. The van der Waals surface area contributed by atoms with Gasteiger partial charge in [-0.2, -0.15) is 0 Å². The van der Waals surface area contributed by atoms with Crippen LogP contribution in [0.5, 0.6) is 0 Å². The molecule has 1 unspecified atom stereocenters. The Kier molecular flexibility index (Phi) is 5.01. The average Bonchev–Trinajstić information content (AvgIpc) is 3.39. The number of benzene rings is 1. The summed E-state index contributed by atoms with van der Waals surface area (Å²) in [6.45, 7) is 1.57. The van der Waals surface area contributed by atoms with Crippen LogP contribution in [0.15, 0.2) is 39.5 Å². The minimum Gasteiger partial charge on any atom is -0.312 e. The minimum absolute atomic E-state index is 0.119. The highest BCUT2D eigenvalue weighted by atomic mass is 32.1. The second-order valence-corrected chi connectivity index (χ2v) is 7.72. The molecule has 1 atom stereocenters. The van der Waals surface area contributed by atoms with Crippen LogP contribution in [0.25, 0.3) is 22.4 Å². The van der Waals surface area contributed by atoms with Gasteiger partial charge in [-0.25, -0.2) is 23.5 Å². The van der Waals surface area contributed by atoms with E-state index < -0.39 is 34.8 Å². The summed E-state index contributed by atoms with van der Waals surface area (Å²) < 4.78 is 30.1. The fraction of sp³-hybridized carbons (Fsp3) is 0.211. The van der Waals surface area contributed by atoms with Gasteiger partial charge >= 0.3 is 5.69 Å². The first-order chi connectivity index (χ1) is 14.7. The van der Waals surface area contributed by atoms with Crippen LogP contribution < -0.4 is 16.6 Å². The lowest BCUT2D eigenvalue weighted by Gasteiger charge is -2.13. The summed E-state index contributed by atoms with van der Waals surface area (Å²) in [6, 6.07) is 2.57. The molecule has 31 heavy (non-hydrogen) atoms. The summed E-state index contributed by atoms with van der Waals surface area (Å²) in [7, 11) is 2.84. The molecule has 0 saturated heterocycles. The first-order valence-electron chi connectivity index (χ1n) is 9.03. The Morgan fingerprint density at radius 2 is 1.90 bits per heavy atom. The second-order valence-electron chi connectivity index (χ2n) is 6.86. The topological polar surface area (TPSA) is 104 Å². The lowest BCUT2D eigenvalue weighted by molar-refractivity contribution is -0.118. The molecule has 3 aromatic heterocycles. The van der Waals surface area contributed by atoms with Gasteiger partial charge in [0.25, 0.3) is 5.56 Å². The molecule has 1 aromatic carbocycles. The van der Waals surface area contributed by atoms with Crippen molar-refractivity contribution in [1.29, 1.82) is 0 Å². The monoisotopic (exact) mass is 446 g/mol. The molecule has 0 aliphatic heterocycles. The number of nitrogens with one attached hydrogen (secondary N) is 1. The Morgan fingerprint density at radius 1 is 1.16 bits per heavy atom. The summed E-state index contributed by atoms with van der Waals surface area (Å²) in [4.78, 5) is 45.7. The maximum absolute atomic E-state index is 13.5. The minimum atomic E-state index is -0.993. The molecule has 3 heterocycles. The summed E-state index contributed by atoms with van der Waals surface area (Å²) in [5.41, 5.74) is -0.0495. The zero-order chi connectivity index (χ0) is 22.4. The van der Waals surface area contributed by atoms with Gasteiger partial charge in [-0.05, 0) is 25.1 Å². The van der Waals surface area contributed by atoms with Crippen LogP contribution in [0.3, 0.4) is 0 Å². The van der Waals surface area contributed by atoms with Crippen molar-refractivity contribution in [3.8, 4) is 11.3 Å². The fourth-order valence-electron chi connectivity index (χ4n) is 3.11. The Balaban J connectivity index is 1.62. The Bertz CT molecular complexity index is 1450. The van der Waals surface area contributed by atoms with Crippen LogP contribution in [0.1, 0.15) is 13.0 Å². The normalized spacial score (nSPS) is 12.3. The highest BCUT2D eigenvalue weighted by molar-refractivity contribution is 7.14. The van der Waals surface area contributed by atoms with Gasteiger partial charge in [0.2, 0.25) is 5.91 Å². The predicted molar refractivity (Wildman–Crippen MR) is 111 cm³/mol. The number of carbonyl (C=O) groups excluding carboxylic acids is 1. The van der Waals surface area contributed by atoms with E-state index in [1.54, 1.807) is 12.3 Å². The fourth-order valence-corrected chi connectivity index (χ4v) is 3.84. The molecular weight excluding hydrogens is 430 g/mol. The lowest BCUT2D eigenvalue weighted by Crippen LogP contribution is -2.38. The molecular formula is C19H16F2N6O3S. The first-order valence-corrected chi connectivity index (χ1v) is 9.91. The number of imidazole rings is 1. The molecule has 1 N–H and O–H groups in total. The van der Waals surface area contributed by atoms with E-state index in [-0.39, 0.29) is 16.3 Å². The molecule has 0 fully saturated rings. The third-order valence-electron chi connectivity index (χ3n) is 4.92. The van der Waals surface area contributed by atoms with Crippen molar-refractivity contribution >= 4 is 33.5 Å². The zero-order valence-corrected chi connectivity index (χ0v) is 17.4. The Morgan fingerprint density at radius 3 is 2.61 bits per heavy atom. The van der Waals surface area contributed by atoms with Gasteiger partial charge in [0, 0.05) is 25.0 Å². The molecule has 1 amide bonds. The van der Waals surface area contributed by atoms with Crippen LogP contribution in [-0.4, -0.2) is 29.6 Å². The summed E-state index contributed by atoms with van der Waals surface area (Å²) >= 11 is 1.12. The lowest BCUT2D eigenvalue weighted by atomic mass is 10.2. The number of hydrogen-bond acceptors (Lipinski definition) is 6. The molecule has 4 aromatic rings. The standard InChI is InChI=1S/C19H16F2N6O3S/c1-9(27-8-22-15-14(27)17(29)26(3)19(30)25(15)2)16(28)24-18-23-13(7-31-18)10-4-5-11(20)12(21)6-10/h4-9H,1-3H3,(H,23,24,28). The average molecular weight is 446 g/mol. The predicted octanol–water partition coefficient (Wildman–Crippen LogP) is 2.04. The quantitative estimate of drug-likeness (QED) is 0.517. The molecule has 0 bridgehead atoms. The van der Waals surface area contributed by atoms with Crippen molar-refractivity contribution in [1.82, 2.24) is 23.7 Å². The maximum Gasteiger partial charge on any atom is 0.332 e. The third kappa shape index (κ3) is 3.44. The highest BCUT2D eigenvalue weighted by Crippen LogP contribution is 2.27. The number of anilines is 1. The summed E-state index contributed by atoms with van der Waals surface area (Å²) in [6.07, 6.45) is 1.32. The van der Waals surface area contributed by atoms with Crippen molar-refractivity contribution in [2.75, 3.05) is 5.32 Å². The number of thiazole rings is 1. The number of nitrogens with zero attached hydrogens (tertiary/aromatic N) is 5. The van der Waals surface area contributed by atoms with Gasteiger partial charge in [0.1, 0.15) is 6.04 Å². The molecule has 0 aliphatic rings. The molecule has 160 valence electrons. The van der Waals surface area contributed by atoms with E-state index in [0.717, 1.165) is 28.0 Å². The number of aryl methyl sites for hydroxylation is 1. The largest absolute Gasteiger partial charge is 0.332 e. The van der Waals surface area contributed by atoms with E-state index in [1.807, 2.05) is 0 Å². The Labute approximate surface area is 177 Å². The maximum atomic E-state index is 13.5. The Hall–Kier alpha value is -3.67. The van der Waals surface area contributed by atoms with Gasteiger partial charge in [0.05, 0.1) is 12.0 Å². The van der Waals surface area contributed by atoms with Crippen molar-refractivity contribution in [3.05, 3.63) is 62.4 Å². The van der Waals surface area contributed by atoms with Gasteiger partial charge in [-0.3, -0.25) is 18.7 Å². The van der Waals surface area contributed by atoms with Gasteiger partial charge in [-0.15, -0.1) is 11.3 Å². The number of rotatable bonds is 4. The zero-order valence-electron chi connectivity index (χ0n) is 16.6. The van der Waals surface area contributed by atoms with Crippen molar-refractivity contribution in [2.24, 2.45) is 14.1 Å². The number of carbonyl (C=O) groups is 1. The van der Waals surface area contributed by atoms with Gasteiger partial charge < -0.3 is 9.88 Å². The van der Waals surface area contributed by atoms with Crippen molar-refractivity contribution in [3.63, 3.8) is 0 Å². The number of hydrogen-bond donors (Lipinski definition) is 1. The summed E-state index contributed by atoms with van der Waals surface area (Å²) in [5, 5.41) is 4.50. The number of aromatic nitrogens is 5.